The van der Waals surface area contributed by atoms with Crippen LogP contribution in [0, 0.1) is 0 Å². The van der Waals surface area contributed by atoms with E-state index in [9.17, 15) is 0 Å². The van der Waals surface area contributed by atoms with E-state index in [0.717, 1.165) is 33.5 Å². The molecule has 51 heavy (non-hydrogen) atoms. The Morgan fingerprint density at radius 2 is 0.882 bits per heavy atom. The minimum atomic E-state index is -0.406. The smallest absolute Gasteiger partial charge is 0.160 e. The fourth-order valence-electron chi connectivity index (χ4n) is 8.84. The van der Waals surface area contributed by atoms with E-state index in [0.29, 0.717) is 0 Å². The fraction of sp³-hybridized carbons (Fsp3) is 0.0204. The molecule has 11 rings (SSSR count). The molecular weight excluding hydrogens is 617 g/mol. The number of fused-ring (bicyclic) bond motifs is 12. The second-order valence-corrected chi connectivity index (χ2v) is 13.7. The molecule has 2 aliphatic carbocycles. The summed E-state index contributed by atoms with van der Waals surface area (Å²) in [5, 5.41) is 3.58. The molecule has 1 atom stereocenters. The van der Waals surface area contributed by atoms with Gasteiger partial charge in [0.05, 0.1) is 16.6 Å². The number of nitrogens with zero attached hydrogens (tertiary/aromatic N) is 2. The molecule has 1 unspecified atom stereocenters. The van der Waals surface area contributed by atoms with Gasteiger partial charge >= 0.3 is 0 Å². The molecule has 9 aromatic rings. The SMILES string of the molecule is c1ccc(-c2ccc(-c3nc(-c4ccc5c(c4)-c4ccccc4C54c5ccccc5-c5cc6ccccc6cc54)nc4ccccc34)cc2)cc1. The van der Waals surface area contributed by atoms with E-state index in [1.54, 1.807) is 0 Å². The van der Waals surface area contributed by atoms with E-state index >= 15 is 0 Å². The lowest BCUT2D eigenvalue weighted by Gasteiger charge is -2.30. The Balaban J connectivity index is 1.12. The van der Waals surface area contributed by atoms with Gasteiger partial charge in [0.1, 0.15) is 0 Å². The van der Waals surface area contributed by atoms with E-state index in [4.69, 9.17) is 9.97 Å². The number of benzene rings is 8. The van der Waals surface area contributed by atoms with E-state index in [1.165, 1.54) is 66.4 Å². The van der Waals surface area contributed by atoms with Crippen LogP contribution in [0.5, 0.6) is 0 Å². The van der Waals surface area contributed by atoms with E-state index < -0.39 is 5.41 Å². The third-order valence-electron chi connectivity index (χ3n) is 11.1. The first kappa shape index (κ1) is 28.2. The van der Waals surface area contributed by atoms with Crippen LogP contribution in [-0.2, 0) is 5.41 Å². The lowest BCUT2D eigenvalue weighted by molar-refractivity contribution is 0.795. The molecule has 0 saturated heterocycles. The molecule has 0 amide bonds. The zero-order valence-electron chi connectivity index (χ0n) is 27.7. The van der Waals surface area contributed by atoms with Crippen molar-refractivity contribution in [3.63, 3.8) is 0 Å². The van der Waals surface area contributed by atoms with Gasteiger partial charge in [-0.1, -0.05) is 158 Å². The molecule has 2 aliphatic rings. The summed E-state index contributed by atoms with van der Waals surface area (Å²) in [4.78, 5) is 10.5. The average Bonchev–Trinajstić information content (AvgIpc) is 3.66. The van der Waals surface area contributed by atoms with Crippen LogP contribution in [0.4, 0.5) is 0 Å². The highest BCUT2D eigenvalue weighted by molar-refractivity contribution is 6.00. The molecule has 1 heterocycles. The minimum absolute atomic E-state index is 0.406. The third-order valence-corrected chi connectivity index (χ3v) is 11.1. The Morgan fingerprint density at radius 1 is 0.333 bits per heavy atom. The molecule has 8 aromatic carbocycles. The van der Waals surface area contributed by atoms with Crippen LogP contribution in [0.1, 0.15) is 22.3 Å². The van der Waals surface area contributed by atoms with Crippen molar-refractivity contribution >= 4 is 21.7 Å². The number of rotatable bonds is 3. The monoisotopic (exact) mass is 646 g/mol. The Bertz CT molecular complexity index is 2850. The first-order valence-corrected chi connectivity index (χ1v) is 17.6. The minimum Gasteiger partial charge on any atom is -0.228 e. The highest BCUT2D eigenvalue weighted by Gasteiger charge is 2.51. The molecule has 0 radical (unpaired) electrons. The predicted molar refractivity (Wildman–Crippen MR) is 210 cm³/mol. The van der Waals surface area contributed by atoms with Gasteiger partial charge in [-0.25, -0.2) is 9.97 Å². The molecule has 1 aromatic heterocycles. The lowest BCUT2D eigenvalue weighted by Crippen LogP contribution is -2.25. The molecule has 0 aliphatic heterocycles. The molecule has 0 saturated carbocycles. The average molecular weight is 647 g/mol. The van der Waals surface area contributed by atoms with Crippen molar-refractivity contribution in [2.45, 2.75) is 5.41 Å². The van der Waals surface area contributed by atoms with Gasteiger partial charge in [0.25, 0.3) is 0 Å². The first-order valence-electron chi connectivity index (χ1n) is 17.6. The number of hydrogen-bond donors (Lipinski definition) is 0. The van der Waals surface area contributed by atoms with Gasteiger partial charge < -0.3 is 0 Å². The number of aromatic nitrogens is 2. The summed E-state index contributed by atoms with van der Waals surface area (Å²) in [6.07, 6.45) is 0. The Kier molecular flexibility index (Phi) is 5.91. The van der Waals surface area contributed by atoms with Gasteiger partial charge in [0.2, 0.25) is 0 Å². The van der Waals surface area contributed by atoms with Crippen LogP contribution < -0.4 is 0 Å². The van der Waals surface area contributed by atoms with Gasteiger partial charge in [0, 0.05) is 16.5 Å². The summed E-state index contributed by atoms with van der Waals surface area (Å²) < 4.78 is 0. The number of para-hydroxylation sites is 1. The number of hydrogen-bond acceptors (Lipinski definition) is 2. The molecule has 236 valence electrons. The standard InChI is InChI=1S/C49H30N2/c1-2-12-31(13-3-1)32-22-24-33(25-23-32)47-39-18-8-11-21-46(39)50-48(51-47)36-26-27-44-40(29-36)37-16-6-9-19-42(37)49(44)43-20-10-7-17-38(43)41-28-34-14-4-5-15-35(34)30-45(41)49/h1-30H. The lowest BCUT2D eigenvalue weighted by atomic mass is 9.70. The maximum atomic E-state index is 5.31. The largest absolute Gasteiger partial charge is 0.228 e. The van der Waals surface area contributed by atoms with Gasteiger partial charge in [-0.2, -0.15) is 0 Å². The van der Waals surface area contributed by atoms with Crippen LogP contribution in [0.3, 0.4) is 0 Å². The maximum Gasteiger partial charge on any atom is 0.160 e. The van der Waals surface area contributed by atoms with Crippen molar-refractivity contribution < 1.29 is 0 Å². The molecule has 0 N–H and O–H groups in total. The van der Waals surface area contributed by atoms with Crippen LogP contribution in [-0.4, -0.2) is 9.97 Å². The quantitative estimate of drug-likeness (QED) is 0.191. The Labute approximate surface area is 296 Å². The van der Waals surface area contributed by atoms with Gasteiger partial charge in [0.15, 0.2) is 5.82 Å². The summed E-state index contributed by atoms with van der Waals surface area (Å²) in [5.74, 6) is 0.732. The van der Waals surface area contributed by atoms with Crippen molar-refractivity contribution in [1.82, 2.24) is 9.97 Å². The first-order chi connectivity index (χ1) is 25.3. The normalized spacial score (nSPS) is 15.1. The fourth-order valence-corrected chi connectivity index (χ4v) is 8.84. The van der Waals surface area contributed by atoms with Crippen LogP contribution in [0.15, 0.2) is 182 Å². The van der Waals surface area contributed by atoms with Crippen molar-refractivity contribution in [2.75, 3.05) is 0 Å². The third kappa shape index (κ3) is 3.99. The molecule has 0 bridgehead atoms. The molecule has 1 spiro atoms. The second-order valence-electron chi connectivity index (χ2n) is 13.7. The highest BCUT2D eigenvalue weighted by Crippen LogP contribution is 2.63. The summed E-state index contributed by atoms with van der Waals surface area (Å²) in [6, 6.07) is 66.0. The van der Waals surface area contributed by atoms with Crippen LogP contribution in [0.25, 0.3) is 77.7 Å². The summed E-state index contributed by atoms with van der Waals surface area (Å²) in [7, 11) is 0. The molecule has 0 fully saturated rings. The highest BCUT2D eigenvalue weighted by atomic mass is 14.9. The molecule has 2 nitrogen and oxygen atoms in total. The van der Waals surface area contributed by atoms with Crippen molar-refractivity contribution in [3.05, 3.63) is 204 Å². The topological polar surface area (TPSA) is 25.8 Å². The van der Waals surface area contributed by atoms with Crippen LogP contribution in [0.2, 0.25) is 0 Å². The van der Waals surface area contributed by atoms with Crippen molar-refractivity contribution in [2.24, 2.45) is 0 Å². The maximum absolute atomic E-state index is 5.31. The predicted octanol–water partition coefficient (Wildman–Crippen LogP) is 12.1. The van der Waals surface area contributed by atoms with Crippen LogP contribution >= 0.6 is 0 Å². The Morgan fingerprint density at radius 3 is 1.65 bits per heavy atom. The van der Waals surface area contributed by atoms with Crippen molar-refractivity contribution in [1.29, 1.82) is 0 Å². The zero-order chi connectivity index (χ0) is 33.5. The van der Waals surface area contributed by atoms with Gasteiger partial charge in [-0.3, -0.25) is 0 Å². The Hall–Kier alpha value is -6.64. The summed E-state index contributed by atoms with van der Waals surface area (Å²) in [6.45, 7) is 0. The zero-order valence-corrected chi connectivity index (χ0v) is 27.7. The molecule has 2 heteroatoms. The summed E-state index contributed by atoms with van der Waals surface area (Å²) >= 11 is 0. The van der Waals surface area contributed by atoms with Gasteiger partial charge in [-0.05, 0) is 90.7 Å². The van der Waals surface area contributed by atoms with E-state index in [-0.39, 0.29) is 0 Å². The summed E-state index contributed by atoms with van der Waals surface area (Å²) in [5.41, 5.74) is 16.4. The van der Waals surface area contributed by atoms with E-state index in [2.05, 4.69) is 182 Å². The van der Waals surface area contributed by atoms with Crippen molar-refractivity contribution in [3.8, 4) is 56.0 Å². The van der Waals surface area contributed by atoms with E-state index in [1.807, 2.05) is 0 Å². The van der Waals surface area contributed by atoms with Gasteiger partial charge in [-0.15, -0.1) is 0 Å². The second kappa shape index (κ2) is 10.7. The molecular formula is C49H30N2.